The number of carboxylic acids is 1. The molecule has 1 saturated carbocycles. The summed E-state index contributed by atoms with van der Waals surface area (Å²) >= 11 is 0.967. The van der Waals surface area contributed by atoms with Gasteiger partial charge in [-0.15, -0.1) is 15.6 Å². The third-order valence-corrected chi connectivity index (χ3v) is 10.8. The molecule has 0 bridgehead atoms. The number of fused-ring (bicyclic) bond motifs is 1. The summed E-state index contributed by atoms with van der Waals surface area (Å²) in [5.41, 5.74) is 15.6. The van der Waals surface area contributed by atoms with Crippen molar-refractivity contribution in [3.63, 3.8) is 0 Å². The number of amidine groups is 1. The van der Waals surface area contributed by atoms with Crippen LogP contribution in [-0.2, 0) is 40.3 Å². The molecule has 0 radical (unpaired) electrons. The average molecular weight is 765 g/mol. The van der Waals surface area contributed by atoms with E-state index >= 15 is 0 Å². The number of nitrogens with zero attached hydrogens (tertiary/aromatic N) is 4. The van der Waals surface area contributed by atoms with Crippen molar-refractivity contribution < 1.29 is 46.3 Å². The molecule has 52 heavy (non-hydrogen) atoms. The normalized spacial score (nSPS) is 24.9. The predicted octanol–water partition coefficient (Wildman–Crippen LogP) is 1.52. The molecule has 2 fully saturated rings. The van der Waals surface area contributed by atoms with Gasteiger partial charge in [-0.05, 0) is 103 Å². The minimum absolute atomic E-state index is 0.0598. The third-order valence-electron chi connectivity index (χ3n) is 9.84. The van der Waals surface area contributed by atoms with Gasteiger partial charge in [0.2, 0.25) is 0 Å². The summed E-state index contributed by atoms with van der Waals surface area (Å²) in [6, 6.07) is 4.09. The fourth-order valence-corrected chi connectivity index (χ4v) is 7.55. The lowest BCUT2D eigenvalue weighted by atomic mass is 9.76. The molecule has 18 nitrogen and oxygen atoms in total. The van der Waals surface area contributed by atoms with Crippen molar-refractivity contribution >= 4 is 56.2 Å². The highest BCUT2D eigenvalue weighted by Gasteiger charge is 2.58. The number of carbonyl (C=O) groups excluding carboxylic acids is 2. The van der Waals surface area contributed by atoms with Crippen LogP contribution >= 0.6 is 11.3 Å². The Hall–Kier alpha value is -4.37. The quantitative estimate of drug-likeness (QED) is 0.0588. The molecule has 2 aromatic rings. The summed E-state index contributed by atoms with van der Waals surface area (Å²) in [7, 11) is -5.03. The Labute approximate surface area is 304 Å². The molecule has 3 atom stereocenters. The molecule has 3 heterocycles. The summed E-state index contributed by atoms with van der Waals surface area (Å²) in [6.45, 7) is 8.10. The SMILES string of the molecule is CC(C)(N)C1CCC(N=C(N)c2ccc3c(c2)CC[C@H]([C@](C)(O/N=C(\C(=O)N[C@@H]2C(=O)N(OS(=O)(=O)O)C2(C)C)c2csc(N)n2)C(=O)O)O3)CC1. The van der Waals surface area contributed by atoms with Crippen molar-refractivity contribution in [3.05, 3.63) is 40.4 Å². The number of nitrogens with two attached hydrogens (primary N) is 3. The van der Waals surface area contributed by atoms with Crippen molar-refractivity contribution in [2.24, 2.45) is 27.5 Å². The fourth-order valence-electron chi connectivity index (χ4n) is 6.55. The van der Waals surface area contributed by atoms with Crippen molar-refractivity contribution in [1.29, 1.82) is 0 Å². The minimum atomic E-state index is -5.03. The number of aliphatic carboxylic acids is 1. The van der Waals surface area contributed by atoms with Crippen molar-refractivity contribution in [2.45, 2.75) is 108 Å². The maximum atomic E-state index is 13.5. The molecule has 1 aliphatic carbocycles. The lowest BCUT2D eigenvalue weighted by Crippen LogP contribution is -2.76. The van der Waals surface area contributed by atoms with Crippen LogP contribution in [0.3, 0.4) is 0 Å². The monoisotopic (exact) mass is 764 g/mol. The highest BCUT2D eigenvalue weighted by molar-refractivity contribution is 7.80. The Balaban J connectivity index is 1.31. The first-order chi connectivity index (χ1) is 24.1. The number of benzene rings is 1. The van der Waals surface area contributed by atoms with Gasteiger partial charge in [0.25, 0.3) is 17.4 Å². The number of aliphatic imine (C=N–C) groups is 1. The molecule has 1 saturated heterocycles. The van der Waals surface area contributed by atoms with E-state index in [0.717, 1.165) is 48.1 Å². The standard InChI is InChI=1S/C32H44N8O10S2/c1-30(2,35)18-8-10-19(11-9-18)36-25(33)17-6-12-21-16(14-17)7-13-22(48-21)32(5,28(43)44)49-39-23(20-15-51-29(34)37-20)26(41)38-24-27(42)40(31(24,3)4)50-52(45,46)47/h6,12,14-15,18-19,22,24H,7-11,13,35H2,1-5H3,(H2,33,36)(H2,34,37)(H,38,41)(H,43,44)(H,45,46,47)/b39-23-/t18?,19?,22-,24-,32+/m1/s1. The van der Waals surface area contributed by atoms with E-state index in [1.807, 2.05) is 6.07 Å². The topological polar surface area (TPSA) is 284 Å². The number of nitrogen functional groups attached to an aromatic ring is 1. The van der Waals surface area contributed by atoms with Gasteiger partial charge in [0, 0.05) is 16.5 Å². The number of carbonyl (C=O) groups is 3. The highest BCUT2D eigenvalue weighted by Crippen LogP contribution is 2.36. The van der Waals surface area contributed by atoms with E-state index in [1.54, 1.807) is 12.1 Å². The maximum absolute atomic E-state index is 13.5. The molecule has 2 amide bonds. The number of β-lactam (4-membered cyclic amide) rings is 1. The maximum Gasteiger partial charge on any atom is 0.418 e. The van der Waals surface area contributed by atoms with E-state index in [1.165, 1.54) is 26.2 Å². The van der Waals surface area contributed by atoms with Crippen LogP contribution in [0.4, 0.5) is 5.13 Å². The largest absolute Gasteiger partial charge is 0.485 e. The van der Waals surface area contributed by atoms with Gasteiger partial charge in [-0.25, -0.2) is 9.78 Å². The molecular formula is C32H44N8O10S2. The van der Waals surface area contributed by atoms with Crippen LogP contribution < -0.4 is 27.3 Å². The van der Waals surface area contributed by atoms with Crippen LogP contribution in [0.5, 0.6) is 5.75 Å². The molecule has 3 aliphatic rings. The minimum Gasteiger partial charge on any atom is -0.485 e. The van der Waals surface area contributed by atoms with Crippen LogP contribution in [0.2, 0.25) is 0 Å². The number of rotatable bonds is 12. The molecular weight excluding hydrogens is 721 g/mol. The number of aryl methyl sites for hydroxylation is 1. The van der Waals surface area contributed by atoms with Crippen LogP contribution in [0.1, 0.15) is 83.5 Å². The number of carboxylic acid groups (broad SMARTS) is 1. The summed E-state index contributed by atoms with van der Waals surface area (Å²) in [6.07, 6.45) is 3.30. The second-order valence-electron chi connectivity index (χ2n) is 14.5. The molecule has 0 spiro atoms. The Bertz CT molecular complexity index is 1900. The lowest BCUT2D eigenvalue weighted by molar-refractivity contribution is -0.218. The third kappa shape index (κ3) is 8.15. The van der Waals surface area contributed by atoms with Crippen LogP contribution in [0.25, 0.3) is 0 Å². The summed E-state index contributed by atoms with van der Waals surface area (Å²) in [4.78, 5) is 53.3. The van der Waals surface area contributed by atoms with Gasteiger partial charge in [0.05, 0.1) is 11.6 Å². The number of nitrogens with one attached hydrogen (secondary N) is 1. The smallest absolute Gasteiger partial charge is 0.418 e. The van der Waals surface area contributed by atoms with E-state index in [-0.39, 0.29) is 28.8 Å². The number of hydroxylamine groups is 2. The second-order valence-corrected chi connectivity index (χ2v) is 16.4. The summed E-state index contributed by atoms with van der Waals surface area (Å²) in [5, 5.41) is 18.5. The highest BCUT2D eigenvalue weighted by atomic mass is 32.3. The zero-order chi connectivity index (χ0) is 38.4. The van der Waals surface area contributed by atoms with Gasteiger partial charge in [-0.3, -0.25) is 19.1 Å². The predicted molar refractivity (Wildman–Crippen MR) is 190 cm³/mol. The first-order valence-electron chi connectivity index (χ1n) is 16.5. The van der Waals surface area contributed by atoms with Gasteiger partial charge in [0.15, 0.2) is 16.9 Å². The Morgan fingerprint density at radius 2 is 1.85 bits per heavy atom. The number of amides is 2. The van der Waals surface area contributed by atoms with Crippen molar-refractivity contribution in [1.82, 2.24) is 15.4 Å². The van der Waals surface area contributed by atoms with Crippen LogP contribution in [-0.4, -0.2) is 92.3 Å². The number of oxime groups is 1. The van der Waals surface area contributed by atoms with Gasteiger partial charge >= 0.3 is 16.4 Å². The molecule has 0 unspecified atom stereocenters. The van der Waals surface area contributed by atoms with E-state index < -0.39 is 57.2 Å². The first-order valence-corrected chi connectivity index (χ1v) is 18.8. The van der Waals surface area contributed by atoms with Gasteiger partial charge < -0.3 is 37.2 Å². The Morgan fingerprint density at radius 1 is 1.17 bits per heavy atom. The molecule has 20 heteroatoms. The molecule has 284 valence electrons. The average Bonchev–Trinajstić information content (AvgIpc) is 3.50. The van der Waals surface area contributed by atoms with Crippen LogP contribution in [0, 0.1) is 5.92 Å². The molecule has 1 aromatic carbocycles. The number of ether oxygens (including phenoxy) is 1. The van der Waals surface area contributed by atoms with Gasteiger partial charge in [-0.1, -0.05) is 5.16 Å². The van der Waals surface area contributed by atoms with Crippen LogP contribution in [0.15, 0.2) is 33.7 Å². The van der Waals surface area contributed by atoms with E-state index in [9.17, 15) is 27.9 Å². The van der Waals surface area contributed by atoms with E-state index in [0.29, 0.717) is 29.0 Å². The van der Waals surface area contributed by atoms with Gasteiger partial charge in [-0.2, -0.15) is 13.5 Å². The number of aromatic nitrogens is 1. The second kappa shape index (κ2) is 14.2. The Morgan fingerprint density at radius 3 is 2.40 bits per heavy atom. The molecule has 2 aliphatic heterocycles. The fraction of sp³-hybridized carbons (Fsp3) is 0.562. The number of thiazole rings is 1. The zero-order valence-electron chi connectivity index (χ0n) is 29.4. The summed E-state index contributed by atoms with van der Waals surface area (Å²) in [5.74, 6) is -2.18. The van der Waals surface area contributed by atoms with Gasteiger partial charge in [0.1, 0.15) is 23.3 Å². The molecule has 1 aromatic heterocycles. The number of anilines is 1. The zero-order valence-corrected chi connectivity index (χ0v) is 31.0. The van der Waals surface area contributed by atoms with Crippen molar-refractivity contribution in [3.8, 4) is 5.75 Å². The van der Waals surface area contributed by atoms with E-state index in [4.69, 9.17) is 36.3 Å². The Kier molecular flexibility index (Phi) is 10.6. The van der Waals surface area contributed by atoms with Crippen molar-refractivity contribution in [2.75, 3.05) is 5.73 Å². The first kappa shape index (κ1) is 38.9. The van der Waals surface area contributed by atoms with E-state index in [2.05, 4.69) is 33.6 Å². The molecule has 9 N–H and O–H groups in total. The number of hydrogen-bond donors (Lipinski definition) is 6. The molecule has 5 rings (SSSR count). The lowest BCUT2D eigenvalue weighted by Gasteiger charge is -2.50. The number of hydrogen-bond acceptors (Lipinski definition) is 14. The summed E-state index contributed by atoms with van der Waals surface area (Å²) < 4.78 is 41.9.